The number of rotatable bonds is 2. The summed E-state index contributed by atoms with van der Waals surface area (Å²) >= 11 is 2.09. The minimum atomic E-state index is -1.94. The first-order valence-electron chi connectivity index (χ1n) is 5.27. The van der Waals surface area contributed by atoms with Crippen LogP contribution >= 0.6 is 22.6 Å². The van der Waals surface area contributed by atoms with Gasteiger partial charge in [0, 0.05) is 3.57 Å². The van der Waals surface area contributed by atoms with E-state index in [1.807, 2.05) is 6.07 Å². The summed E-state index contributed by atoms with van der Waals surface area (Å²) in [6, 6.07) is 5.09. The van der Waals surface area contributed by atoms with E-state index < -0.39 is 8.32 Å². The van der Waals surface area contributed by atoms with Gasteiger partial charge in [0.15, 0.2) is 5.82 Å². The predicted molar refractivity (Wildman–Crippen MR) is 76.9 cm³/mol. The molecule has 0 saturated carbocycles. The van der Waals surface area contributed by atoms with E-state index in [-0.39, 0.29) is 10.9 Å². The summed E-state index contributed by atoms with van der Waals surface area (Å²) in [6.45, 7) is 10.7. The van der Waals surface area contributed by atoms with E-state index in [1.54, 1.807) is 6.07 Å². The molecule has 1 rings (SSSR count). The van der Waals surface area contributed by atoms with Gasteiger partial charge in [-0.2, -0.15) is 0 Å². The lowest BCUT2D eigenvalue weighted by molar-refractivity contribution is 0.457. The number of halogens is 2. The second-order valence-corrected chi connectivity index (χ2v) is 11.4. The first-order chi connectivity index (χ1) is 7.13. The topological polar surface area (TPSA) is 9.23 Å². The lowest BCUT2D eigenvalue weighted by Crippen LogP contribution is -2.44. The maximum atomic E-state index is 13.7. The Morgan fingerprint density at radius 1 is 1.25 bits per heavy atom. The minimum Gasteiger partial charge on any atom is -0.542 e. The van der Waals surface area contributed by atoms with Crippen LogP contribution in [0, 0.1) is 9.39 Å². The maximum absolute atomic E-state index is 13.7. The maximum Gasteiger partial charge on any atom is 0.250 e. The molecule has 1 aromatic carbocycles. The molecule has 0 bridgehead atoms. The molecule has 1 nitrogen and oxygen atoms in total. The van der Waals surface area contributed by atoms with E-state index in [4.69, 9.17) is 4.43 Å². The van der Waals surface area contributed by atoms with Crippen LogP contribution in [-0.4, -0.2) is 8.32 Å². The highest BCUT2D eigenvalue weighted by Gasteiger charge is 2.39. The summed E-state index contributed by atoms with van der Waals surface area (Å²) in [6.07, 6.45) is 0. The molecule has 0 saturated heterocycles. The standard InChI is InChI=1S/C12H18FIOSi/c1-12(2,3)16(4,5)15-11-7-6-9(14)8-10(11)13/h6-8H,1-5H3. The van der Waals surface area contributed by atoms with E-state index in [2.05, 4.69) is 56.5 Å². The normalized spacial score (nSPS) is 12.7. The second kappa shape index (κ2) is 4.64. The van der Waals surface area contributed by atoms with E-state index in [0.29, 0.717) is 5.75 Å². The van der Waals surface area contributed by atoms with E-state index in [0.717, 1.165) is 3.57 Å². The first-order valence-corrected chi connectivity index (χ1v) is 9.26. The molecular formula is C12H18FIOSi. The molecule has 0 N–H and O–H groups in total. The number of benzene rings is 1. The number of hydrogen-bond donors (Lipinski definition) is 0. The summed E-state index contributed by atoms with van der Waals surface area (Å²) in [5, 5.41) is 0.0858. The van der Waals surface area contributed by atoms with Crippen LogP contribution in [-0.2, 0) is 0 Å². The molecule has 0 heterocycles. The van der Waals surface area contributed by atoms with Crippen molar-refractivity contribution in [1.29, 1.82) is 0 Å². The van der Waals surface area contributed by atoms with Crippen LogP contribution in [0.2, 0.25) is 18.1 Å². The van der Waals surface area contributed by atoms with Crippen LogP contribution in [0.1, 0.15) is 20.8 Å². The Hall–Kier alpha value is -0.103. The van der Waals surface area contributed by atoms with Crippen molar-refractivity contribution in [2.75, 3.05) is 0 Å². The molecule has 90 valence electrons. The Labute approximate surface area is 112 Å². The average Bonchev–Trinajstić information content (AvgIpc) is 2.08. The molecule has 0 aliphatic rings. The van der Waals surface area contributed by atoms with Crippen LogP contribution in [0.5, 0.6) is 5.75 Å². The molecule has 4 heteroatoms. The van der Waals surface area contributed by atoms with Gasteiger partial charge in [0.1, 0.15) is 5.75 Å². The van der Waals surface area contributed by atoms with Crippen molar-refractivity contribution in [2.24, 2.45) is 0 Å². The molecule has 0 aliphatic heterocycles. The Morgan fingerprint density at radius 2 is 1.81 bits per heavy atom. The van der Waals surface area contributed by atoms with Gasteiger partial charge in [-0.05, 0) is 58.9 Å². The highest BCUT2D eigenvalue weighted by molar-refractivity contribution is 14.1. The van der Waals surface area contributed by atoms with Crippen LogP contribution in [0.25, 0.3) is 0 Å². The number of hydrogen-bond acceptors (Lipinski definition) is 1. The van der Waals surface area contributed by atoms with Crippen molar-refractivity contribution in [2.45, 2.75) is 38.9 Å². The van der Waals surface area contributed by atoms with Crippen LogP contribution in [0.3, 0.4) is 0 Å². The second-order valence-electron chi connectivity index (χ2n) is 5.44. The third kappa shape index (κ3) is 3.20. The van der Waals surface area contributed by atoms with Crippen LogP contribution < -0.4 is 4.43 Å². The smallest absolute Gasteiger partial charge is 0.250 e. The molecule has 0 spiro atoms. The fourth-order valence-electron chi connectivity index (χ4n) is 0.986. The van der Waals surface area contributed by atoms with E-state index in [1.165, 1.54) is 6.07 Å². The third-order valence-electron chi connectivity index (χ3n) is 3.07. The third-order valence-corrected chi connectivity index (χ3v) is 8.08. The van der Waals surface area contributed by atoms with Crippen LogP contribution in [0.4, 0.5) is 4.39 Å². The van der Waals surface area contributed by atoms with Gasteiger partial charge in [0.05, 0.1) is 0 Å². The largest absolute Gasteiger partial charge is 0.542 e. The SMILES string of the molecule is CC(C)(C)[Si](C)(C)Oc1ccc(I)cc1F. The summed E-state index contributed by atoms with van der Waals surface area (Å²) in [7, 11) is -1.94. The van der Waals surface area contributed by atoms with Crippen molar-refractivity contribution in [3.8, 4) is 5.75 Å². The molecule has 0 radical (unpaired) electrons. The summed E-state index contributed by atoms with van der Waals surface area (Å²) < 4.78 is 20.5. The van der Waals surface area contributed by atoms with Gasteiger partial charge in [-0.25, -0.2) is 4.39 Å². The van der Waals surface area contributed by atoms with Crippen LogP contribution in [0.15, 0.2) is 18.2 Å². The van der Waals surface area contributed by atoms with Gasteiger partial charge < -0.3 is 4.43 Å². The van der Waals surface area contributed by atoms with Gasteiger partial charge in [-0.15, -0.1) is 0 Å². The van der Waals surface area contributed by atoms with Crippen molar-refractivity contribution < 1.29 is 8.82 Å². The van der Waals surface area contributed by atoms with Crippen molar-refractivity contribution in [3.05, 3.63) is 27.6 Å². The first kappa shape index (κ1) is 14.0. The molecule has 0 unspecified atom stereocenters. The summed E-state index contributed by atoms with van der Waals surface area (Å²) in [5.74, 6) is 0.115. The summed E-state index contributed by atoms with van der Waals surface area (Å²) in [4.78, 5) is 0. The molecule has 0 aromatic heterocycles. The van der Waals surface area contributed by atoms with E-state index >= 15 is 0 Å². The Kier molecular flexibility index (Phi) is 4.05. The van der Waals surface area contributed by atoms with Gasteiger partial charge >= 0.3 is 0 Å². The van der Waals surface area contributed by atoms with Gasteiger partial charge in [-0.3, -0.25) is 0 Å². The van der Waals surface area contributed by atoms with E-state index in [9.17, 15) is 4.39 Å². The Morgan fingerprint density at radius 3 is 2.25 bits per heavy atom. The zero-order chi connectivity index (χ0) is 12.6. The van der Waals surface area contributed by atoms with Gasteiger partial charge in [0.25, 0.3) is 8.32 Å². The van der Waals surface area contributed by atoms with Crippen molar-refractivity contribution in [1.82, 2.24) is 0 Å². The van der Waals surface area contributed by atoms with Crippen molar-refractivity contribution in [3.63, 3.8) is 0 Å². The lowest BCUT2D eigenvalue weighted by Gasteiger charge is -2.36. The molecule has 1 aromatic rings. The van der Waals surface area contributed by atoms with Crippen molar-refractivity contribution >= 4 is 30.9 Å². The fraction of sp³-hybridized carbons (Fsp3) is 0.500. The lowest BCUT2D eigenvalue weighted by atomic mass is 10.2. The highest BCUT2D eigenvalue weighted by atomic mass is 127. The molecule has 0 fully saturated rings. The minimum absolute atomic E-state index is 0.0858. The summed E-state index contributed by atoms with van der Waals surface area (Å²) in [5.41, 5.74) is 0. The van der Waals surface area contributed by atoms with Gasteiger partial charge in [0.2, 0.25) is 0 Å². The average molecular weight is 352 g/mol. The Balaban J connectivity index is 2.97. The molecular weight excluding hydrogens is 334 g/mol. The molecule has 0 atom stereocenters. The predicted octanol–water partition coefficient (Wildman–Crippen LogP) is 4.81. The molecule has 0 amide bonds. The highest BCUT2D eigenvalue weighted by Crippen LogP contribution is 2.38. The monoisotopic (exact) mass is 352 g/mol. The Bertz CT molecular complexity index is 385. The van der Waals surface area contributed by atoms with Gasteiger partial charge in [-0.1, -0.05) is 20.8 Å². The zero-order valence-corrected chi connectivity index (χ0v) is 13.6. The fourth-order valence-corrected chi connectivity index (χ4v) is 2.46. The molecule has 0 aliphatic carbocycles. The quantitative estimate of drug-likeness (QED) is 0.548. The zero-order valence-electron chi connectivity index (χ0n) is 10.4. The molecule has 16 heavy (non-hydrogen) atoms.